The lowest BCUT2D eigenvalue weighted by Gasteiger charge is -2.34. The fraction of sp³-hybridized carbons (Fsp3) is 0.389. The molecule has 1 fully saturated rings. The summed E-state index contributed by atoms with van der Waals surface area (Å²) in [6, 6.07) is 12.2. The quantitative estimate of drug-likeness (QED) is 0.874. The van der Waals surface area contributed by atoms with Crippen LogP contribution in [0.5, 0.6) is 0 Å². The Bertz CT molecular complexity index is 637. The lowest BCUT2D eigenvalue weighted by molar-refractivity contribution is 0.0596. The largest absolute Gasteiger partial charge is 0.456 e. The van der Waals surface area contributed by atoms with E-state index in [2.05, 4.69) is 36.1 Å². The van der Waals surface area contributed by atoms with Gasteiger partial charge in [-0.05, 0) is 31.5 Å². The monoisotopic (exact) mass is 298 g/mol. The van der Waals surface area contributed by atoms with Gasteiger partial charge < -0.3 is 9.32 Å². The van der Waals surface area contributed by atoms with E-state index in [0.717, 1.165) is 38.5 Å². The first-order valence-electron chi connectivity index (χ1n) is 7.75. The Morgan fingerprint density at radius 2 is 1.68 bits per heavy atom. The molecule has 0 spiro atoms. The smallest absolute Gasteiger partial charge is 0.289 e. The second-order valence-corrected chi connectivity index (χ2v) is 5.96. The molecule has 0 N–H and O–H groups in total. The molecule has 116 valence electrons. The standard InChI is InChI=1S/C18H22N2O2/c1-14-3-6-16(7-4-14)13-19-9-11-20(12-10-19)18(21)17-8-5-15(2)22-17/h3-8H,9-13H2,1-2H3. The number of piperazine rings is 1. The summed E-state index contributed by atoms with van der Waals surface area (Å²) in [4.78, 5) is 16.6. The highest BCUT2D eigenvalue weighted by atomic mass is 16.3. The Morgan fingerprint density at radius 1 is 1.00 bits per heavy atom. The third kappa shape index (κ3) is 3.39. The fourth-order valence-corrected chi connectivity index (χ4v) is 2.77. The average molecular weight is 298 g/mol. The number of rotatable bonds is 3. The molecule has 0 unspecified atom stereocenters. The molecule has 1 amide bonds. The molecule has 0 bridgehead atoms. The summed E-state index contributed by atoms with van der Waals surface area (Å²) in [5.41, 5.74) is 2.61. The SMILES string of the molecule is Cc1ccc(CN2CCN(C(=O)c3ccc(C)o3)CC2)cc1. The Kier molecular flexibility index (Phi) is 4.29. The molecule has 4 nitrogen and oxygen atoms in total. The van der Waals surface area contributed by atoms with Crippen molar-refractivity contribution in [2.45, 2.75) is 20.4 Å². The summed E-state index contributed by atoms with van der Waals surface area (Å²) in [7, 11) is 0. The van der Waals surface area contributed by atoms with Crippen LogP contribution in [0.3, 0.4) is 0 Å². The van der Waals surface area contributed by atoms with E-state index in [1.807, 2.05) is 17.9 Å². The van der Waals surface area contributed by atoms with Crippen LogP contribution in [0.4, 0.5) is 0 Å². The fourth-order valence-electron chi connectivity index (χ4n) is 2.77. The van der Waals surface area contributed by atoms with Gasteiger partial charge in [0.1, 0.15) is 5.76 Å². The van der Waals surface area contributed by atoms with Crippen molar-refractivity contribution in [2.75, 3.05) is 26.2 Å². The number of carbonyl (C=O) groups excluding carboxylic acids is 1. The van der Waals surface area contributed by atoms with E-state index < -0.39 is 0 Å². The zero-order chi connectivity index (χ0) is 15.5. The van der Waals surface area contributed by atoms with Crippen LogP contribution in [0.15, 0.2) is 40.8 Å². The molecule has 0 saturated carbocycles. The van der Waals surface area contributed by atoms with Gasteiger partial charge in [-0.25, -0.2) is 0 Å². The molecule has 2 heterocycles. The molecule has 4 heteroatoms. The summed E-state index contributed by atoms with van der Waals surface area (Å²) >= 11 is 0. The van der Waals surface area contributed by atoms with Crippen molar-refractivity contribution in [1.82, 2.24) is 9.80 Å². The molecule has 3 rings (SSSR count). The minimum atomic E-state index is 0.00286. The minimum absolute atomic E-state index is 0.00286. The molecule has 22 heavy (non-hydrogen) atoms. The number of hydrogen-bond donors (Lipinski definition) is 0. The van der Waals surface area contributed by atoms with Gasteiger partial charge in [0.25, 0.3) is 5.91 Å². The van der Waals surface area contributed by atoms with E-state index in [4.69, 9.17) is 4.42 Å². The van der Waals surface area contributed by atoms with Gasteiger partial charge in [-0.15, -0.1) is 0 Å². The van der Waals surface area contributed by atoms with Crippen LogP contribution < -0.4 is 0 Å². The van der Waals surface area contributed by atoms with Crippen molar-refractivity contribution in [3.63, 3.8) is 0 Å². The van der Waals surface area contributed by atoms with E-state index >= 15 is 0 Å². The molecule has 1 aromatic carbocycles. The molecule has 1 aromatic heterocycles. The zero-order valence-corrected chi connectivity index (χ0v) is 13.2. The zero-order valence-electron chi connectivity index (χ0n) is 13.2. The minimum Gasteiger partial charge on any atom is -0.456 e. The van der Waals surface area contributed by atoms with Gasteiger partial charge in [-0.2, -0.15) is 0 Å². The molecule has 1 aliphatic heterocycles. The summed E-state index contributed by atoms with van der Waals surface area (Å²) < 4.78 is 5.43. The first-order valence-corrected chi connectivity index (χ1v) is 7.75. The van der Waals surface area contributed by atoms with Crippen molar-refractivity contribution >= 4 is 5.91 Å². The van der Waals surface area contributed by atoms with Crippen LogP contribution in [0.25, 0.3) is 0 Å². The molecular formula is C18H22N2O2. The highest BCUT2D eigenvalue weighted by Crippen LogP contribution is 2.14. The Morgan fingerprint density at radius 3 is 2.27 bits per heavy atom. The number of furan rings is 1. The second-order valence-electron chi connectivity index (χ2n) is 5.96. The summed E-state index contributed by atoms with van der Waals surface area (Å²) in [6.45, 7) is 8.22. The van der Waals surface area contributed by atoms with Crippen molar-refractivity contribution in [2.24, 2.45) is 0 Å². The highest BCUT2D eigenvalue weighted by Gasteiger charge is 2.23. The summed E-state index contributed by atoms with van der Waals surface area (Å²) in [5, 5.41) is 0. The average Bonchev–Trinajstić information content (AvgIpc) is 2.96. The molecule has 0 atom stereocenters. The Balaban J connectivity index is 1.54. The van der Waals surface area contributed by atoms with Crippen molar-refractivity contribution in [3.8, 4) is 0 Å². The second kappa shape index (κ2) is 6.36. The molecule has 1 saturated heterocycles. The van der Waals surface area contributed by atoms with Crippen molar-refractivity contribution in [3.05, 3.63) is 59.0 Å². The topological polar surface area (TPSA) is 36.7 Å². The number of hydrogen-bond acceptors (Lipinski definition) is 3. The lowest BCUT2D eigenvalue weighted by atomic mass is 10.1. The van der Waals surface area contributed by atoms with Gasteiger partial charge in [0.2, 0.25) is 0 Å². The number of nitrogens with zero attached hydrogens (tertiary/aromatic N) is 2. The van der Waals surface area contributed by atoms with Gasteiger partial charge in [-0.3, -0.25) is 9.69 Å². The lowest BCUT2D eigenvalue weighted by Crippen LogP contribution is -2.48. The molecule has 0 radical (unpaired) electrons. The number of benzene rings is 1. The molecule has 1 aliphatic rings. The maximum Gasteiger partial charge on any atom is 0.289 e. The van der Waals surface area contributed by atoms with Gasteiger partial charge in [0.05, 0.1) is 0 Å². The number of carbonyl (C=O) groups is 1. The summed E-state index contributed by atoms with van der Waals surface area (Å²) in [5.74, 6) is 1.23. The predicted molar refractivity (Wildman–Crippen MR) is 85.8 cm³/mol. The molecule has 2 aromatic rings. The normalized spacial score (nSPS) is 16.0. The molecular weight excluding hydrogens is 276 g/mol. The van der Waals surface area contributed by atoms with Crippen molar-refractivity contribution < 1.29 is 9.21 Å². The first-order chi connectivity index (χ1) is 10.6. The van der Waals surface area contributed by atoms with E-state index in [-0.39, 0.29) is 5.91 Å². The maximum absolute atomic E-state index is 12.3. The summed E-state index contributed by atoms with van der Waals surface area (Å²) in [6.07, 6.45) is 0. The van der Waals surface area contributed by atoms with E-state index in [9.17, 15) is 4.79 Å². The van der Waals surface area contributed by atoms with E-state index in [1.54, 1.807) is 6.07 Å². The first kappa shape index (κ1) is 14.9. The van der Waals surface area contributed by atoms with Crippen molar-refractivity contribution in [1.29, 1.82) is 0 Å². The van der Waals surface area contributed by atoms with Gasteiger partial charge in [-0.1, -0.05) is 29.8 Å². The van der Waals surface area contributed by atoms with Crippen LogP contribution in [0.1, 0.15) is 27.4 Å². The van der Waals surface area contributed by atoms with E-state index in [0.29, 0.717) is 5.76 Å². The van der Waals surface area contributed by atoms with Gasteiger partial charge in [0.15, 0.2) is 5.76 Å². The maximum atomic E-state index is 12.3. The number of amides is 1. The highest BCUT2D eigenvalue weighted by molar-refractivity contribution is 5.91. The van der Waals surface area contributed by atoms with Crippen LogP contribution in [0.2, 0.25) is 0 Å². The van der Waals surface area contributed by atoms with Crippen LogP contribution >= 0.6 is 0 Å². The third-order valence-electron chi connectivity index (χ3n) is 4.14. The predicted octanol–water partition coefficient (Wildman–Crippen LogP) is 2.85. The Labute approximate surface area is 131 Å². The number of aryl methyl sites for hydroxylation is 2. The third-order valence-corrected chi connectivity index (χ3v) is 4.14. The van der Waals surface area contributed by atoms with Gasteiger partial charge in [0, 0.05) is 32.7 Å². The molecule has 0 aliphatic carbocycles. The van der Waals surface area contributed by atoms with Crippen LogP contribution in [-0.2, 0) is 6.54 Å². The van der Waals surface area contributed by atoms with Crippen LogP contribution in [0, 0.1) is 13.8 Å². The Hall–Kier alpha value is -2.07. The van der Waals surface area contributed by atoms with E-state index in [1.165, 1.54) is 11.1 Å². The van der Waals surface area contributed by atoms with Gasteiger partial charge >= 0.3 is 0 Å². The van der Waals surface area contributed by atoms with Crippen LogP contribution in [-0.4, -0.2) is 41.9 Å².